The van der Waals surface area contributed by atoms with Crippen molar-refractivity contribution in [1.82, 2.24) is 20.5 Å². The minimum atomic E-state index is 0.319. The molecular formula is C19H35N5OS. The fourth-order valence-electron chi connectivity index (χ4n) is 3.10. The molecule has 1 aromatic rings. The molecule has 7 heteroatoms. The van der Waals surface area contributed by atoms with Crippen LogP contribution in [0.25, 0.3) is 0 Å². The second-order valence-electron chi connectivity index (χ2n) is 7.12. The number of rotatable bonds is 8. The summed E-state index contributed by atoms with van der Waals surface area (Å²) in [5.74, 6) is 0.916. The van der Waals surface area contributed by atoms with Gasteiger partial charge < -0.3 is 20.3 Å². The molecule has 0 amide bonds. The van der Waals surface area contributed by atoms with E-state index in [4.69, 9.17) is 9.73 Å². The van der Waals surface area contributed by atoms with Gasteiger partial charge in [0.25, 0.3) is 0 Å². The van der Waals surface area contributed by atoms with Crippen LogP contribution in [-0.2, 0) is 11.3 Å². The second kappa shape index (κ2) is 10.8. The highest BCUT2D eigenvalue weighted by atomic mass is 32.1. The number of likely N-dealkylation sites (tertiary alicyclic amines) is 1. The Morgan fingerprint density at radius 1 is 1.35 bits per heavy atom. The number of hydrogen-bond acceptors (Lipinski definition) is 5. The van der Waals surface area contributed by atoms with Gasteiger partial charge in [0.1, 0.15) is 0 Å². The number of aliphatic imine (C=N–C) groups is 1. The molecule has 2 rings (SSSR count). The number of piperidine rings is 1. The first kappa shape index (κ1) is 21.1. The van der Waals surface area contributed by atoms with E-state index in [2.05, 4.69) is 48.2 Å². The van der Waals surface area contributed by atoms with E-state index in [1.165, 1.54) is 4.88 Å². The summed E-state index contributed by atoms with van der Waals surface area (Å²) in [6.07, 6.45) is 2.61. The Balaban J connectivity index is 1.79. The first-order valence-corrected chi connectivity index (χ1v) is 10.6. The zero-order valence-electron chi connectivity index (χ0n) is 17.0. The summed E-state index contributed by atoms with van der Waals surface area (Å²) in [5, 5.41) is 8.10. The van der Waals surface area contributed by atoms with Crippen LogP contribution in [0.2, 0.25) is 0 Å². The summed E-state index contributed by atoms with van der Waals surface area (Å²) >= 11 is 1.74. The van der Waals surface area contributed by atoms with Gasteiger partial charge in [0.2, 0.25) is 0 Å². The number of hydrogen-bond donors (Lipinski definition) is 2. The SMILES string of the molecule is CCNC(=NCc1sc(C)nc1C)NC1CCN(CCOC(C)C)CC1. The third kappa shape index (κ3) is 7.21. The summed E-state index contributed by atoms with van der Waals surface area (Å²) in [5.41, 5.74) is 1.10. The average Bonchev–Trinajstić information content (AvgIpc) is 2.91. The van der Waals surface area contributed by atoms with Gasteiger partial charge in [-0.05, 0) is 47.5 Å². The molecule has 0 spiro atoms. The molecule has 2 heterocycles. The van der Waals surface area contributed by atoms with Crippen molar-refractivity contribution < 1.29 is 4.74 Å². The first-order valence-electron chi connectivity index (χ1n) is 9.79. The summed E-state index contributed by atoms with van der Waals surface area (Å²) in [6.45, 7) is 16.1. The van der Waals surface area contributed by atoms with Gasteiger partial charge >= 0.3 is 0 Å². The van der Waals surface area contributed by atoms with Crippen LogP contribution in [0.4, 0.5) is 0 Å². The molecule has 0 atom stereocenters. The van der Waals surface area contributed by atoms with Gasteiger partial charge in [0.15, 0.2) is 5.96 Å². The van der Waals surface area contributed by atoms with Crippen LogP contribution in [0, 0.1) is 13.8 Å². The largest absolute Gasteiger partial charge is 0.377 e. The Kier molecular flexibility index (Phi) is 8.81. The number of aromatic nitrogens is 1. The molecule has 1 aliphatic rings. The van der Waals surface area contributed by atoms with E-state index in [1.54, 1.807) is 11.3 Å². The topological polar surface area (TPSA) is 61.8 Å². The molecule has 148 valence electrons. The fourth-order valence-corrected chi connectivity index (χ4v) is 3.96. The van der Waals surface area contributed by atoms with Crippen LogP contribution in [0.1, 0.15) is 49.2 Å². The van der Waals surface area contributed by atoms with E-state index in [9.17, 15) is 0 Å². The smallest absolute Gasteiger partial charge is 0.191 e. The van der Waals surface area contributed by atoms with E-state index in [1.807, 2.05) is 6.92 Å². The number of ether oxygens (including phenoxy) is 1. The van der Waals surface area contributed by atoms with Crippen molar-refractivity contribution in [3.63, 3.8) is 0 Å². The van der Waals surface area contributed by atoms with Gasteiger partial charge in [-0.15, -0.1) is 11.3 Å². The van der Waals surface area contributed by atoms with Gasteiger partial charge in [0, 0.05) is 37.1 Å². The first-order chi connectivity index (χ1) is 12.5. The summed E-state index contributed by atoms with van der Waals surface area (Å²) in [6, 6.07) is 0.486. The molecule has 0 bridgehead atoms. The summed E-state index contributed by atoms with van der Waals surface area (Å²) in [4.78, 5) is 13.0. The molecule has 0 unspecified atom stereocenters. The van der Waals surface area contributed by atoms with Gasteiger partial charge in [0.05, 0.1) is 30.0 Å². The number of nitrogens with zero attached hydrogens (tertiary/aromatic N) is 3. The maximum atomic E-state index is 5.66. The summed E-state index contributed by atoms with van der Waals surface area (Å²) < 4.78 is 5.66. The molecule has 0 radical (unpaired) electrons. The Bertz CT molecular complexity index is 564. The van der Waals surface area contributed by atoms with Crippen LogP contribution >= 0.6 is 11.3 Å². The zero-order chi connectivity index (χ0) is 18.9. The second-order valence-corrected chi connectivity index (χ2v) is 8.40. The highest BCUT2D eigenvalue weighted by Gasteiger charge is 2.20. The minimum Gasteiger partial charge on any atom is -0.377 e. The van der Waals surface area contributed by atoms with Gasteiger partial charge in [-0.2, -0.15) is 0 Å². The van der Waals surface area contributed by atoms with E-state index < -0.39 is 0 Å². The molecule has 1 aliphatic heterocycles. The quantitative estimate of drug-likeness (QED) is 0.535. The third-order valence-electron chi connectivity index (χ3n) is 4.51. The van der Waals surface area contributed by atoms with Gasteiger partial charge in [-0.25, -0.2) is 9.98 Å². The highest BCUT2D eigenvalue weighted by molar-refractivity contribution is 7.11. The Labute approximate surface area is 162 Å². The lowest BCUT2D eigenvalue weighted by molar-refractivity contribution is 0.0532. The van der Waals surface area contributed by atoms with Crippen LogP contribution in [-0.4, -0.2) is 60.8 Å². The molecule has 1 saturated heterocycles. The highest BCUT2D eigenvalue weighted by Crippen LogP contribution is 2.18. The van der Waals surface area contributed by atoms with E-state index in [0.717, 1.165) is 62.3 Å². The molecule has 0 aliphatic carbocycles. The summed E-state index contributed by atoms with van der Waals surface area (Å²) in [7, 11) is 0. The Morgan fingerprint density at radius 3 is 2.65 bits per heavy atom. The molecule has 6 nitrogen and oxygen atoms in total. The van der Waals surface area contributed by atoms with Crippen molar-refractivity contribution in [2.24, 2.45) is 4.99 Å². The zero-order valence-corrected chi connectivity index (χ0v) is 17.8. The molecule has 0 aromatic carbocycles. The van der Waals surface area contributed by atoms with Gasteiger partial charge in [-0.1, -0.05) is 0 Å². The number of nitrogens with one attached hydrogen (secondary N) is 2. The lowest BCUT2D eigenvalue weighted by atomic mass is 10.1. The molecule has 2 N–H and O–H groups in total. The van der Waals surface area contributed by atoms with Crippen molar-refractivity contribution >= 4 is 17.3 Å². The standard InChI is InChI=1S/C19H35N5OS/c1-6-20-19(21-13-18-15(4)22-16(5)26-18)23-17-7-9-24(10-8-17)11-12-25-14(2)3/h14,17H,6-13H2,1-5H3,(H2,20,21,23). The van der Waals surface area contributed by atoms with Crippen LogP contribution in [0.15, 0.2) is 4.99 Å². The van der Waals surface area contributed by atoms with Crippen molar-refractivity contribution in [2.45, 2.75) is 66.2 Å². The number of aryl methyl sites for hydroxylation is 2. The van der Waals surface area contributed by atoms with E-state index in [-0.39, 0.29) is 0 Å². The third-order valence-corrected chi connectivity index (χ3v) is 5.57. The number of guanidine groups is 1. The fraction of sp³-hybridized carbons (Fsp3) is 0.789. The molecule has 1 fully saturated rings. The maximum Gasteiger partial charge on any atom is 0.191 e. The van der Waals surface area contributed by atoms with Crippen molar-refractivity contribution in [3.05, 3.63) is 15.6 Å². The monoisotopic (exact) mass is 381 g/mol. The Hall–Kier alpha value is -1.18. The normalized spacial score (nSPS) is 17.1. The van der Waals surface area contributed by atoms with E-state index in [0.29, 0.717) is 18.7 Å². The minimum absolute atomic E-state index is 0.319. The average molecular weight is 382 g/mol. The molecular weight excluding hydrogens is 346 g/mol. The maximum absolute atomic E-state index is 5.66. The lowest BCUT2D eigenvalue weighted by Gasteiger charge is -2.33. The molecule has 1 aromatic heterocycles. The van der Waals surface area contributed by atoms with Gasteiger partial charge in [-0.3, -0.25) is 0 Å². The van der Waals surface area contributed by atoms with Crippen LogP contribution in [0.3, 0.4) is 0 Å². The van der Waals surface area contributed by atoms with Crippen LogP contribution < -0.4 is 10.6 Å². The lowest BCUT2D eigenvalue weighted by Crippen LogP contribution is -2.49. The van der Waals surface area contributed by atoms with E-state index >= 15 is 0 Å². The number of thiazole rings is 1. The molecule has 0 saturated carbocycles. The van der Waals surface area contributed by atoms with Crippen molar-refractivity contribution in [1.29, 1.82) is 0 Å². The predicted molar refractivity (Wildman–Crippen MR) is 110 cm³/mol. The van der Waals surface area contributed by atoms with Crippen LogP contribution in [0.5, 0.6) is 0 Å². The van der Waals surface area contributed by atoms with Crippen molar-refractivity contribution in [3.8, 4) is 0 Å². The Morgan fingerprint density at radius 2 is 2.08 bits per heavy atom. The van der Waals surface area contributed by atoms with Crippen molar-refractivity contribution in [2.75, 3.05) is 32.8 Å². The molecule has 26 heavy (non-hydrogen) atoms. The predicted octanol–water partition coefficient (Wildman–Crippen LogP) is 2.70.